The molecule has 0 spiro atoms. The number of hydrogen-bond donors (Lipinski definition) is 0. The number of ether oxygens (including phenoxy) is 1. The second kappa shape index (κ2) is 7.85. The van der Waals surface area contributed by atoms with Gasteiger partial charge in [-0.05, 0) is 44.9 Å². The summed E-state index contributed by atoms with van der Waals surface area (Å²) in [5.74, 6) is 1.06. The molecule has 0 aromatic rings. The van der Waals surface area contributed by atoms with Crippen molar-refractivity contribution in [2.75, 3.05) is 19.6 Å². The van der Waals surface area contributed by atoms with Crippen LogP contribution in [0.5, 0.6) is 0 Å². The van der Waals surface area contributed by atoms with Gasteiger partial charge in [0.1, 0.15) is 6.10 Å². The lowest BCUT2D eigenvalue weighted by atomic mass is 9.88. The molecule has 1 saturated carbocycles. The van der Waals surface area contributed by atoms with Crippen LogP contribution in [0.15, 0.2) is 0 Å². The van der Waals surface area contributed by atoms with Crippen LogP contribution in [0.3, 0.4) is 0 Å². The average Bonchev–Trinajstić information content (AvgIpc) is 3.00. The van der Waals surface area contributed by atoms with Crippen molar-refractivity contribution in [2.24, 2.45) is 5.92 Å². The molecule has 5 nitrogen and oxygen atoms in total. The van der Waals surface area contributed by atoms with Crippen molar-refractivity contribution >= 4 is 11.8 Å². The minimum Gasteiger partial charge on any atom is -0.365 e. The summed E-state index contributed by atoms with van der Waals surface area (Å²) in [4.78, 5) is 28.7. The van der Waals surface area contributed by atoms with Crippen LogP contribution < -0.4 is 0 Å². The predicted octanol–water partition coefficient (Wildman–Crippen LogP) is 2.58. The van der Waals surface area contributed by atoms with Crippen LogP contribution in [0, 0.1) is 5.92 Å². The van der Waals surface area contributed by atoms with Crippen molar-refractivity contribution in [1.82, 2.24) is 9.80 Å². The molecule has 24 heavy (non-hydrogen) atoms. The summed E-state index contributed by atoms with van der Waals surface area (Å²) >= 11 is 0. The summed E-state index contributed by atoms with van der Waals surface area (Å²) < 4.78 is 6.09. The highest BCUT2D eigenvalue weighted by Crippen LogP contribution is 2.27. The molecule has 0 N–H and O–H groups in total. The normalized spacial score (nSPS) is 32.9. The van der Waals surface area contributed by atoms with Crippen LogP contribution in [0.2, 0.25) is 0 Å². The van der Waals surface area contributed by atoms with Gasteiger partial charge in [-0.25, -0.2) is 0 Å². The maximum atomic E-state index is 12.8. The number of nitrogens with zero attached hydrogens (tertiary/aromatic N) is 2. The van der Waals surface area contributed by atoms with Crippen molar-refractivity contribution < 1.29 is 14.3 Å². The minimum atomic E-state index is -0.367. The molecular formula is C19H32N2O3. The van der Waals surface area contributed by atoms with Gasteiger partial charge >= 0.3 is 0 Å². The van der Waals surface area contributed by atoms with Gasteiger partial charge in [-0.3, -0.25) is 9.59 Å². The highest BCUT2D eigenvalue weighted by Gasteiger charge is 2.34. The van der Waals surface area contributed by atoms with Crippen molar-refractivity contribution in [3.63, 3.8) is 0 Å². The molecule has 0 bridgehead atoms. The second-order valence-corrected chi connectivity index (χ2v) is 7.94. The van der Waals surface area contributed by atoms with E-state index in [1.54, 1.807) is 0 Å². The molecule has 136 valence electrons. The Morgan fingerprint density at radius 3 is 2.71 bits per heavy atom. The zero-order valence-corrected chi connectivity index (χ0v) is 15.2. The number of piperidine rings is 1. The fraction of sp³-hybridized carbons (Fsp3) is 0.895. The number of carbonyl (C=O) groups is 2. The lowest BCUT2D eigenvalue weighted by molar-refractivity contribution is -0.151. The lowest BCUT2D eigenvalue weighted by Crippen LogP contribution is -2.52. The van der Waals surface area contributed by atoms with Gasteiger partial charge in [-0.15, -0.1) is 0 Å². The molecule has 2 saturated heterocycles. The first-order chi connectivity index (χ1) is 11.5. The van der Waals surface area contributed by atoms with Gasteiger partial charge in [0.25, 0.3) is 5.91 Å². The van der Waals surface area contributed by atoms with E-state index in [-0.39, 0.29) is 30.1 Å². The van der Waals surface area contributed by atoms with Gasteiger partial charge in [0, 0.05) is 32.1 Å². The fourth-order valence-electron chi connectivity index (χ4n) is 4.57. The number of rotatable bonds is 4. The Morgan fingerprint density at radius 2 is 2.00 bits per heavy atom. The van der Waals surface area contributed by atoms with E-state index in [1.807, 2.05) is 16.7 Å². The molecule has 4 atom stereocenters. The Bertz CT molecular complexity index is 468. The van der Waals surface area contributed by atoms with Crippen molar-refractivity contribution in [2.45, 2.75) is 83.5 Å². The zero-order chi connectivity index (χ0) is 17.1. The zero-order valence-electron chi connectivity index (χ0n) is 15.2. The van der Waals surface area contributed by atoms with E-state index in [2.05, 4.69) is 6.92 Å². The SMILES string of the molecule is C[C@@H]1CCC[C@H](O[C@@H](C)C(=O)N2CCC[C@H](N3CCCC3=O)C2)C1. The topological polar surface area (TPSA) is 49.9 Å². The first kappa shape index (κ1) is 17.7. The third-order valence-corrected chi connectivity index (χ3v) is 5.89. The number of amides is 2. The van der Waals surface area contributed by atoms with Crippen LogP contribution in [-0.2, 0) is 14.3 Å². The summed E-state index contributed by atoms with van der Waals surface area (Å²) in [5, 5.41) is 0. The summed E-state index contributed by atoms with van der Waals surface area (Å²) in [6.45, 7) is 6.50. The largest absolute Gasteiger partial charge is 0.365 e. The van der Waals surface area contributed by atoms with Crippen molar-refractivity contribution in [3.05, 3.63) is 0 Å². The highest BCUT2D eigenvalue weighted by molar-refractivity contribution is 5.81. The van der Waals surface area contributed by atoms with Gasteiger partial charge in [0.15, 0.2) is 0 Å². The molecule has 3 rings (SSSR count). The van der Waals surface area contributed by atoms with Crippen LogP contribution >= 0.6 is 0 Å². The Labute approximate surface area is 145 Å². The molecule has 2 amide bonds. The summed E-state index contributed by atoms with van der Waals surface area (Å²) in [7, 11) is 0. The van der Waals surface area contributed by atoms with E-state index < -0.39 is 0 Å². The Morgan fingerprint density at radius 1 is 1.17 bits per heavy atom. The molecule has 3 aliphatic rings. The first-order valence-electron chi connectivity index (χ1n) is 9.78. The van der Waals surface area contributed by atoms with Gasteiger partial charge in [0.2, 0.25) is 5.91 Å². The van der Waals surface area contributed by atoms with Crippen molar-refractivity contribution in [3.8, 4) is 0 Å². The molecule has 5 heteroatoms. The van der Waals surface area contributed by atoms with Gasteiger partial charge < -0.3 is 14.5 Å². The molecule has 0 unspecified atom stereocenters. The Hall–Kier alpha value is -1.10. The first-order valence-corrected chi connectivity index (χ1v) is 9.78. The molecule has 2 heterocycles. The van der Waals surface area contributed by atoms with E-state index in [1.165, 1.54) is 12.8 Å². The standard InChI is InChI=1S/C19H32N2O3/c1-14-6-3-8-17(12-14)24-15(2)19(23)20-10-4-7-16(13-20)21-11-5-9-18(21)22/h14-17H,3-13H2,1-2H3/t14-,15+,16+,17+/m1/s1. The second-order valence-electron chi connectivity index (χ2n) is 7.94. The van der Waals surface area contributed by atoms with E-state index >= 15 is 0 Å². The molecule has 2 aliphatic heterocycles. The lowest BCUT2D eigenvalue weighted by Gasteiger charge is -2.39. The highest BCUT2D eigenvalue weighted by atomic mass is 16.5. The molecule has 1 aliphatic carbocycles. The van der Waals surface area contributed by atoms with Gasteiger partial charge in [-0.2, -0.15) is 0 Å². The quantitative estimate of drug-likeness (QED) is 0.793. The minimum absolute atomic E-state index is 0.101. The number of carbonyl (C=O) groups excluding carboxylic acids is 2. The smallest absolute Gasteiger partial charge is 0.251 e. The van der Waals surface area contributed by atoms with E-state index in [0.717, 1.165) is 45.2 Å². The van der Waals surface area contributed by atoms with Crippen LogP contribution in [-0.4, -0.2) is 59.5 Å². The predicted molar refractivity (Wildman–Crippen MR) is 92.5 cm³/mol. The van der Waals surface area contributed by atoms with E-state index in [0.29, 0.717) is 18.9 Å². The molecule has 0 aromatic heterocycles. The van der Waals surface area contributed by atoms with Crippen LogP contribution in [0.4, 0.5) is 0 Å². The van der Waals surface area contributed by atoms with Gasteiger partial charge in [0.05, 0.1) is 6.10 Å². The average molecular weight is 336 g/mol. The third-order valence-electron chi connectivity index (χ3n) is 5.89. The summed E-state index contributed by atoms with van der Waals surface area (Å²) in [6.07, 6.45) is 8.12. The Kier molecular flexibility index (Phi) is 5.80. The third kappa shape index (κ3) is 4.11. The van der Waals surface area contributed by atoms with E-state index in [9.17, 15) is 9.59 Å². The molecule has 0 aromatic carbocycles. The molecule has 3 fully saturated rings. The summed E-state index contributed by atoms with van der Waals surface area (Å²) in [5.41, 5.74) is 0. The fourth-order valence-corrected chi connectivity index (χ4v) is 4.57. The maximum absolute atomic E-state index is 12.8. The molecule has 0 radical (unpaired) electrons. The maximum Gasteiger partial charge on any atom is 0.251 e. The summed E-state index contributed by atoms with van der Waals surface area (Å²) in [6, 6.07) is 0.208. The Balaban J connectivity index is 1.52. The van der Waals surface area contributed by atoms with Gasteiger partial charge in [-0.1, -0.05) is 19.8 Å². The van der Waals surface area contributed by atoms with Crippen LogP contribution in [0.1, 0.15) is 65.2 Å². The monoisotopic (exact) mass is 336 g/mol. The molecular weight excluding hydrogens is 304 g/mol. The van der Waals surface area contributed by atoms with E-state index in [4.69, 9.17) is 4.74 Å². The van der Waals surface area contributed by atoms with Crippen LogP contribution in [0.25, 0.3) is 0 Å². The number of likely N-dealkylation sites (tertiary alicyclic amines) is 2. The van der Waals surface area contributed by atoms with Crippen molar-refractivity contribution in [1.29, 1.82) is 0 Å². The number of hydrogen-bond acceptors (Lipinski definition) is 3.